The minimum Gasteiger partial charge on any atom is -0.272 e. The van der Waals surface area contributed by atoms with E-state index in [2.05, 4.69) is 18.9 Å². The van der Waals surface area contributed by atoms with Gasteiger partial charge in [-0.2, -0.15) is 5.10 Å². The first-order valence-electron chi connectivity index (χ1n) is 12.1. The highest BCUT2D eigenvalue weighted by Crippen LogP contribution is 2.19. The summed E-state index contributed by atoms with van der Waals surface area (Å²) in [5.41, 5.74) is 0. The van der Waals surface area contributed by atoms with E-state index in [9.17, 15) is 4.79 Å². The van der Waals surface area contributed by atoms with Gasteiger partial charge >= 0.3 is 0 Å². The van der Waals surface area contributed by atoms with Crippen molar-refractivity contribution < 1.29 is 4.79 Å². The van der Waals surface area contributed by atoms with Crippen LogP contribution in [0.2, 0.25) is 0 Å². The maximum Gasteiger partial charge on any atom is 0.251 e. The van der Waals surface area contributed by atoms with E-state index in [1.54, 1.807) is 5.01 Å². The maximum absolute atomic E-state index is 12.4. The third kappa shape index (κ3) is 12.3. The lowest BCUT2D eigenvalue weighted by atomic mass is 10.0. The summed E-state index contributed by atoms with van der Waals surface area (Å²) in [6, 6.07) is 0. The Labute approximate surface area is 169 Å². The molecule has 0 aromatic carbocycles. The molecule has 0 aromatic heterocycles. The quantitative estimate of drug-likeness (QED) is 0.214. The van der Waals surface area contributed by atoms with Gasteiger partial charge in [0.2, 0.25) is 0 Å². The van der Waals surface area contributed by atoms with Crippen molar-refractivity contribution in [1.29, 1.82) is 0 Å². The molecule has 0 N–H and O–H groups in total. The zero-order valence-corrected chi connectivity index (χ0v) is 18.4. The summed E-state index contributed by atoms with van der Waals surface area (Å²) >= 11 is 0. The van der Waals surface area contributed by atoms with Crippen LogP contribution >= 0.6 is 0 Å². The predicted octanol–water partition coefficient (Wildman–Crippen LogP) is 7.49. The molecule has 1 atom stereocenters. The Kier molecular flexibility index (Phi) is 15.4. The predicted molar refractivity (Wildman–Crippen MR) is 118 cm³/mol. The molecule has 0 saturated heterocycles. The van der Waals surface area contributed by atoms with Crippen LogP contribution in [-0.2, 0) is 4.79 Å². The van der Waals surface area contributed by atoms with E-state index in [1.807, 2.05) is 6.21 Å². The Hall–Kier alpha value is -0.860. The summed E-state index contributed by atoms with van der Waals surface area (Å²) in [5.74, 6) is 0.307. The molecule has 158 valence electrons. The van der Waals surface area contributed by atoms with Gasteiger partial charge in [0.25, 0.3) is 5.91 Å². The van der Waals surface area contributed by atoms with E-state index in [-0.39, 0.29) is 11.8 Å². The first-order valence-corrected chi connectivity index (χ1v) is 12.1. The Morgan fingerprint density at radius 2 is 1.15 bits per heavy atom. The average Bonchev–Trinajstić information content (AvgIpc) is 3.02. The topological polar surface area (TPSA) is 32.7 Å². The average molecular weight is 379 g/mol. The van der Waals surface area contributed by atoms with Crippen molar-refractivity contribution in [3.05, 3.63) is 0 Å². The number of unbranched alkanes of at least 4 members (excludes halogenated alkanes) is 15. The minimum atomic E-state index is 0.0589. The number of amides is 1. The van der Waals surface area contributed by atoms with Gasteiger partial charge in [-0.05, 0) is 12.8 Å². The van der Waals surface area contributed by atoms with E-state index in [4.69, 9.17) is 0 Å². The Morgan fingerprint density at radius 3 is 1.67 bits per heavy atom. The van der Waals surface area contributed by atoms with Crippen LogP contribution < -0.4 is 0 Å². The molecule has 27 heavy (non-hydrogen) atoms. The van der Waals surface area contributed by atoms with E-state index in [0.717, 1.165) is 19.4 Å². The molecule has 3 heteroatoms. The molecule has 0 aliphatic carbocycles. The van der Waals surface area contributed by atoms with Gasteiger partial charge in [0.05, 0.1) is 5.92 Å². The van der Waals surface area contributed by atoms with Gasteiger partial charge in [0.15, 0.2) is 0 Å². The van der Waals surface area contributed by atoms with Crippen LogP contribution in [-0.4, -0.2) is 23.7 Å². The third-order valence-corrected chi connectivity index (χ3v) is 5.80. The second kappa shape index (κ2) is 17.3. The van der Waals surface area contributed by atoms with Crippen molar-refractivity contribution in [3.8, 4) is 0 Å². The summed E-state index contributed by atoms with van der Waals surface area (Å²) in [6.45, 7) is 5.35. The second-order valence-electron chi connectivity index (χ2n) is 8.42. The molecule has 1 heterocycles. The summed E-state index contributed by atoms with van der Waals surface area (Å²) in [5, 5.41) is 6.11. The fraction of sp³-hybridized carbons (Fsp3) is 0.917. The van der Waals surface area contributed by atoms with E-state index >= 15 is 0 Å². The number of hydrogen-bond donors (Lipinski definition) is 0. The highest BCUT2D eigenvalue weighted by atomic mass is 16.2. The molecule has 0 aromatic rings. The summed E-state index contributed by atoms with van der Waals surface area (Å²) < 4.78 is 0. The summed E-state index contributed by atoms with van der Waals surface area (Å²) in [6.07, 6.45) is 25.3. The lowest BCUT2D eigenvalue weighted by Crippen LogP contribution is -2.27. The van der Waals surface area contributed by atoms with Crippen LogP contribution in [0.3, 0.4) is 0 Å². The molecule has 1 aliphatic heterocycles. The molecule has 1 unspecified atom stereocenters. The molecular weight excluding hydrogens is 332 g/mol. The molecule has 1 rings (SSSR count). The number of hydrazone groups is 1. The van der Waals surface area contributed by atoms with Crippen LogP contribution in [0.1, 0.15) is 129 Å². The molecule has 0 spiro atoms. The van der Waals surface area contributed by atoms with Crippen molar-refractivity contribution in [2.75, 3.05) is 6.54 Å². The standard InChI is InChI=1S/C24H46N2O/c1-3-5-7-9-11-13-15-17-19-21-26-24(27)23(22-25-26)20-18-16-14-12-10-8-6-4-2/h22-23H,3-21H2,1-2H3. The lowest BCUT2D eigenvalue weighted by molar-refractivity contribution is -0.132. The summed E-state index contributed by atoms with van der Waals surface area (Å²) in [7, 11) is 0. The van der Waals surface area contributed by atoms with Crippen molar-refractivity contribution >= 4 is 12.1 Å². The van der Waals surface area contributed by atoms with Gasteiger partial charge in [-0.15, -0.1) is 0 Å². The first kappa shape index (κ1) is 24.2. The Balaban J connectivity index is 1.94. The first-order chi connectivity index (χ1) is 13.3. The number of carbonyl (C=O) groups is 1. The van der Waals surface area contributed by atoms with Gasteiger partial charge in [-0.1, -0.05) is 117 Å². The summed E-state index contributed by atoms with van der Waals surface area (Å²) in [4.78, 5) is 12.4. The van der Waals surface area contributed by atoms with Gasteiger partial charge in [-0.25, -0.2) is 5.01 Å². The zero-order valence-electron chi connectivity index (χ0n) is 18.4. The van der Waals surface area contributed by atoms with Crippen LogP contribution in [0.25, 0.3) is 0 Å². The number of hydrogen-bond acceptors (Lipinski definition) is 2. The molecule has 0 radical (unpaired) electrons. The maximum atomic E-state index is 12.4. The monoisotopic (exact) mass is 378 g/mol. The SMILES string of the molecule is CCCCCCCCCCCN1N=CC(CCCCCCCCCC)C1=O. The highest BCUT2D eigenvalue weighted by molar-refractivity contribution is 5.97. The van der Waals surface area contributed by atoms with Gasteiger partial charge < -0.3 is 0 Å². The fourth-order valence-corrected chi connectivity index (χ4v) is 3.91. The van der Waals surface area contributed by atoms with Crippen LogP contribution in [0.15, 0.2) is 5.10 Å². The van der Waals surface area contributed by atoms with Gasteiger partial charge in [0.1, 0.15) is 0 Å². The smallest absolute Gasteiger partial charge is 0.251 e. The second-order valence-corrected chi connectivity index (χ2v) is 8.42. The molecule has 0 fully saturated rings. The highest BCUT2D eigenvalue weighted by Gasteiger charge is 2.27. The van der Waals surface area contributed by atoms with Crippen LogP contribution in [0.5, 0.6) is 0 Å². The third-order valence-electron chi connectivity index (χ3n) is 5.80. The number of carbonyl (C=O) groups excluding carboxylic acids is 1. The zero-order chi connectivity index (χ0) is 19.6. The molecule has 0 bridgehead atoms. The van der Waals surface area contributed by atoms with Crippen molar-refractivity contribution in [1.82, 2.24) is 5.01 Å². The molecule has 1 amide bonds. The lowest BCUT2D eigenvalue weighted by Gasteiger charge is -2.14. The normalized spacial score (nSPS) is 16.6. The van der Waals surface area contributed by atoms with Crippen molar-refractivity contribution in [2.45, 2.75) is 129 Å². The largest absolute Gasteiger partial charge is 0.272 e. The molecule has 0 saturated carbocycles. The van der Waals surface area contributed by atoms with E-state index in [0.29, 0.717) is 0 Å². The number of nitrogens with zero attached hydrogens (tertiary/aromatic N) is 2. The van der Waals surface area contributed by atoms with Crippen molar-refractivity contribution in [3.63, 3.8) is 0 Å². The van der Waals surface area contributed by atoms with E-state index < -0.39 is 0 Å². The Bertz CT molecular complexity index is 381. The van der Waals surface area contributed by atoms with Crippen LogP contribution in [0, 0.1) is 5.92 Å². The Morgan fingerprint density at radius 1 is 0.704 bits per heavy atom. The molecular formula is C24H46N2O. The van der Waals surface area contributed by atoms with Crippen LogP contribution in [0.4, 0.5) is 0 Å². The van der Waals surface area contributed by atoms with Crippen molar-refractivity contribution in [2.24, 2.45) is 11.0 Å². The van der Waals surface area contributed by atoms with E-state index in [1.165, 1.54) is 103 Å². The fourth-order valence-electron chi connectivity index (χ4n) is 3.91. The van der Waals surface area contributed by atoms with Gasteiger partial charge in [0, 0.05) is 12.8 Å². The molecule has 1 aliphatic rings. The van der Waals surface area contributed by atoms with Gasteiger partial charge in [-0.3, -0.25) is 4.79 Å². The molecule has 3 nitrogen and oxygen atoms in total. The minimum absolute atomic E-state index is 0.0589. The number of rotatable bonds is 19.